The van der Waals surface area contributed by atoms with Crippen LogP contribution in [-0.4, -0.2) is 30.2 Å². The van der Waals surface area contributed by atoms with Crippen molar-refractivity contribution in [2.24, 2.45) is 5.92 Å². The van der Waals surface area contributed by atoms with E-state index < -0.39 is 5.54 Å². The molecule has 0 saturated heterocycles. The number of fused-ring (bicyclic) bond motifs is 1. The Morgan fingerprint density at radius 1 is 1.28 bits per heavy atom. The fourth-order valence-electron chi connectivity index (χ4n) is 4.66. The smallest absolute Gasteiger partial charge is 0.181 e. The second-order valence-corrected chi connectivity index (χ2v) is 8.44. The number of carbonyl (C=O) groups is 1. The van der Waals surface area contributed by atoms with E-state index in [1.54, 1.807) is 10.9 Å². The highest BCUT2D eigenvalue weighted by Gasteiger charge is 2.47. The fourth-order valence-corrected chi connectivity index (χ4v) is 4.66. The van der Waals surface area contributed by atoms with Crippen LogP contribution in [0.15, 0.2) is 36.8 Å². The van der Waals surface area contributed by atoms with E-state index >= 15 is 0 Å². The zero-order valence-electron chi connectivity index (χ0n) is 16.4. The lowest BCUT2D eigenvalue weighted by Gasteiger charge is -2.28. The van der Waals surface area contributed by atoms with E-state index in [0.717, 1.165) is 37.0 Å². The first-order chi connectivity index (χ1) is 14.2. The van der Waals surface area contributed by atoms with Crippen LogP contribution < -0.4 is 0 Å². The number of nitrogens with zero attached hydrogens (tertiary/aromatic N) is 6. The Labute approximate surface area is 169 Å². The maximum atomic E-state index is 13.3. The maximum absolute atomic E-state index is 13.3. The van der Waals surface area contributed by atoms with Crippen LogP contribution in [0.5, 0.6) is 0 Å². The average molecular weight is 388 g/mol. The lowest BCUT2D eigenvalue weighted by atomic mass is 9.76. The van der Waals surface area contributed by atoms with E-state index in [-0.39, 0.29) is 11.7 Å². The molecule has 0 aliphatic heterocycles. The molecule has 5 rings (SSSR count). The summed E-state index contributed by atoms with van der Waals surface area (Å²) in [7, 11) is 0. The van der Waals surface area contributed by atoms with Crippen molar-refractivity contribution in [3.8, 4) is 6.07 Å². The van der Waals surface area contributed by atoms with Gasteiger partial charge in [0.1, 0.15) is 11.3 Å². The second kappa shape index (κ2) is 7.11. The molecule has 7 nitrogen and oxygen atoms in total. The van der Waals surface area contributed by atoms with Crippen molar-refractivity contribution in [1.82, 2.24) is 24.4 Å². The predicted molar refractivity (Wildman–Crippen MR) is 106 cm³/mol. The first-order valence-corrected chi connectivity index (χ1v) is 10.5. The number of imidazole rings is 1. The molecule has 2 aliphatic carbocycles. The van der Waals surface area contributed by atoms with Crippen LogP contribution in [0.1, 0.15) is 73.5 Å². The van der Waals surface area contributed by atoms with E-state index in [1.165, 1.54) is 19.3 Å². The third-order valence-corrected chi connectivity index (χ3v) is 6.59. The van der Waals surface area contributed by atoms with E-state index in [1.807, 2.05) is 35.0 Å². The highest BCUT2D eigenvalue weighted by molar-refractivity contribution is 5.95. The minimum atomic E-state index is -0.520. The van der Waals surface area contributed by atoms with Crippen LogP contribution in [0.25, 0.3) is 5.65 Å². The normalized spacial score (nSPS) is 19.7. The molecule has 7 heteroatoms. The molecule has 29 heavy (non-hydrogen) atoms. The highest BCUT2D eigenvalue weighted by atomic mass is 16.1. The maximum Gasteiger partial charge on any atom is 0.181 e. The van der Waals surface area contributed by atoms with E-state index in [9.17, 15) is 10.1 Å². The van der Waals surface area contributed by atoms with Gasteiger partial charge in [-0.2, -0.15) is 5.26 Å². The quantitative estimate of drug-likeness (QED) is 0.598. The molecule has 3 aromatic heterocycles. The Morgan fingerprint density at radius 3 is 2.86 bits per heavy atom. The molecule has 0 N–H and O–H groups in total. The number of nitriles is 1. The molecule has 1 atom stereocenters. The summed E-state index contributed by atoms with van der Waals surface area (Å²) in [6.07, 6.45) is 13.4. The number of ketones is 1. The van der Waals surface area contributed by atoms with Crippen LogP contribution in [0, 0.1) is 17.2 Å². The van der Waals surface area contributed by atoms with Gasteiger partial charge in [-0.15, -0.1) is 5.10 Å². The standard InChI is InChI=1S/C22H24N6O/c23-15-22(9-10-22)28-14-18(25-26-28)17(16-6-2-1-3-7-16)12-20(29)19-13-24-21-8-4-5-11-27(19)21/h4-5,8,11,13-14,16-17H,1-3,6-7,9-10,12H2/t17-/m0/s1. The molecule has 2 fully saturated rings. The van der Waals surface area contributed by atoms with Crippen molar-refractivity contribution in [3.05, 3.63) is 48.2 Å². The lowest BCUT2D eigenvalue weighted by Crippen LogP contribution is -2.21. The van der Waals surface area contributed by atoms with Gasteiger partial charge in [-0.25, -0.2) is 9.67 Å². The van der Waals surface area contributed by atoms with Gasteiger partial charge in [0.25, 0.3) is 0 Å². The number of carbonyl (C=O) groups excluding carboxylic acids is 1. The first kappa shape index (κ1) is 18.0. The molecule has 0 unspecified atom stereocenters. The number of hydrogen-bond acceptors (Lipinski definition) is 5. The Balaban J connectivity index is 1.45. The highest BCUT2D eigenvalue weighted by Crippen LogP contribution is 2.43. The van der Waals surface area contributed by atoms with Gasteiger partial charge in [-0.05, 0) is 43.7 Å². The predicted octanol–water partition coefficient (Wildman–Crippen LogP) is 3.88. The Bertz CT molecular complexity index is 1080. The summed E-state index contributed by atoms with van der Waals surface area (Å²) in [6.45, 7) is 0. The molecular weight excluding hydrogens is 364 g/mol. The van der Waals surface area contributed by atoms with E-state index in [0.29, 0.717) is 18.0 Å². The molecule has 0 aromatic carbocycles. The molecule has 2 aliphatic rings. The summed E-state index contributed by atoms with van der Waals surface area (Å²) in [5, 5.41) is 18.2. The van der Waals surface area contributed by atoms with Gasteiger partial charge in [0.15, 0.2) is 11.3 Å². The van der Waals surface area contributed by atoms with Crippen molar-refractivity contribution in [1.29, 1.82) is 5.26 Å². The zero-order chi connectivity index (χ0) is 19.8. The SMILES string of the molecule is N#CC1(n2cc([C@@H](CC(=O)c3cnc4ccccn34)C3CCCCC3)nn2)CC1. The third-order valence-electron chi connectivity index (χ3n) is 6.59. The van der Waals surface area contributed by atoms with Crippen molar-refractivity contribution in [3.63, 3.8) is 0 Å². The van der Waals surface area contributed by atoms with Crippen LogP contribution in [0.4, 0.5) is 0 Å². The van der Waals surface area contributed by atoms with Gasteiger partial charge in [-0.3, -0.25) is 9.20 Å². The Morgan fingerprint density at radius 2 is 2.10 bits per heavy atom. The summed E-state index contributed by atoms with van der Waals surface area (Å²) in [6, 6.07) is 8.10. The van der Waals surface area contributed by atoms with Gasteiger partial charge >= 0.3 is 0 Å². The molecule has 0 spiro atoms. The zero-order valence-corrected chi connectivity index (χ0v) is 16.4. The summed E-state index contributed by atoms with van der Waals surface area (Å²) in [5.74, 6) is 0.532. The fraction of sp³-hybridized carbons (Fsp3) is 0.500. The molecule has 0 amide bonds. The van der Waals surface area contributed by atoms with Crippen LogP contribution >= 0.6 is 0 Å². The van der Waals surface area contributed by atoms with Crippen LogP contribution in [0.2, 0.25) is 0 Å². The van der Waals surface area contributed by atoms with Gasteiger partial charge in [0.05, 0.1) is 24.2 Å². The first-order valence-electron chi connectivity index (χ1n) is 10.5. The Hall–Kier alpha value is -3.01. The minimum absolute atomic E-state index is 0.0281. The van der Waals surface area contributed by atoms with E-state index in [4.69, 9.17) is 0 Å². The summed E-state index contributed by atoms with van der Waals surface area (Å²) in [5.41, 5.74) is 1.72. The van der Waals surface area contributed by atoms with Crippen molar-refractivity contribution < 1.29 is 4.79 Å². The molecule has 148 valence electrons. The van der Waals surface area contributed by atoms with Gasteiger partial charge in [-0.1, -0.05) is 30.5 Å². The molecular formula is C22H24N6O. The molecule has 2 saturated carbocycles. The monoisotopic (exact) mass is 388 g/mol. The number of pyridine rings is 1. The van der Waals surface area contributed by atoms with Crippen molar-refractivity contribution >= 4 is 11.4 Å². The topological polar surface area (TPSA) is 88.9 Å². The average Bonchev–Trinajstić information content (AvgIpc) is 3.20. The molecule has 0 radical (unpaired) electrons. The van der Waals surface area contributed by atoms with Crippen LogP contribution in [0.3, 0.4) is 0 Å². The number of rotatable bonds is 6. The molecule has 3 aromatic rings. The number of Topliss-reactive ketones (excluding diaryl/α,β-unsaturated/α-hetero) is 1. The summed E-state index contributed by atoms with van der Waals surface area (Å²) < 4.78 is 3.57. The molecule has 0 bridgehead atoms. The van der Waals surface area contributed by atoms with Crippen molar-refractivity contribution in [2.75, 3.05) is 0 Å². The minimum Gasteiger partial charge on any atom is -0.297 e. The Kier molecular flexibility index (Phi) is 4.42. The largest absolute Gasteiger partial charge is 0.297 e. The lowest BCUT2D eigenvalue weighted by molar-refractivity contribution is 0.0951. The van der Waals surface area contributed by atoms with Gasteiger partial charge in [0.2, 0.25) is 0 Å². The second-order valence-electron chi connectivity index (χ2n) is 8.44. The van der Waals surface area contributed by atoms with Crippen molar-refractivity contribution in [2.45, 2.75) is 62.8 Å². The van der Waals surface area contributed by atoms with E-state index in [2.05, 4.69) is 21.4 Å². The molecule has 3 heterocycles. The van der Waals surface area contributed by atoms with Gasteiger partial charge in [0, 0.05) is 18.5 Å². The summed E-state index contributed by atoms with van der Waals surface area (Å²) >= 11 is 0. The van der Waals surface area contributed by atoms with Gasteiger partial charge < -0.3 is 0 Å². The number of hydrogen-bond donors (Lipinski definition) is 0. The number of aromatic nitrogens is 5. The third kappa shape index (κ3) is 3.23. The summed E-state index contributed by atoms with van der Waals surface area (Å²) in [4.78, 5) is 17.6. The van der Waals surface area contributed by atoms with Crippen LogP contribution in [-0.2, 0) is 5.54 Å².